The number of carbonyl (C=O) groups is 2. The van der Waals surface area contributed by atoms with Crippen LogP contribution < -0.4 is 5.32 Å². The van der Waals surface area contributed by atoms with Crippen molar-refractivity contribution in [2.45, 2.75) is 44.8 Å². The minimum atomic E-state index is -1.05. The molecule has 6 nitrogen and oxygen atoms in total. The summed E-state index contributed by atoms with van der Waals surface area (Å²) in [6.45, 7) is 2.88. The number of hydrogen-bond acceptors (Lipinski definition) is 3. The highest BCUT2D eigenvalue weighted by Gasteiger charge is 2.39. The van der Waals surface area contributed by atoms with Gasteiger partial charge in [0.1, 0.15) is 6.04 Å². The van der Waals surface area contributed by atoms with E-state index in [0.29, 0.717) is 18.4 Å². The van der Waals surface area contributed by atoms with Gasteiger partial charge in [0.05, 0.1) is 6.10 Å². The predicted octanol–water partition coefficient (Wildman–Crippen LogP) is 0.652. The number of carboxylic acid groups (broad SMARTS) is 1. The summed E-state index contributed by atoms with van der Waals surface area (Å²) in [5, 5.41) is 21.4. The summed E-state index contributed by atoms with van der Waals surface area (Å²) in [6.07, 6.45) is 2.88. The Kier molecular flexibility index (Phi) is 4.29. The maximum absolute atomic E-state index is 12.0. The summed E-state index contributed by atoms with van der Waals surface area (Å²) < 4.78 is 0. The van der Waals surface area contributed by atoms with E-state index in [4.69, 9.17) is 5.11 Å². The lowest BCUT2D eigenvalue weighted by atomic mass is 9.98. The summed E-state index contributed by atoms with van der Waals surface area (Å²) >= 11 is 0. The van der Waals surface area contributed by atoms with E-state index in [1.165, 1.54) is 17.7 Å². The molecule has 1 saturated carbocycles. The second-order valence-electron chi connectivity index (χ2n) is 5.75. The Bertz CT molecular complexity index is 361. The molecule has 0 bridgehead atoms. The summed E-state index contributed by atoms with van der Waals surface area (Å²) in [4.78, 5) is 24.3. The number of carbonyl (C=O) groups excluding carboxylic acids is 1. The van der Waals surface area contributed by atoms with Crippen molar-refractivity contribution < 1.29 is 19.8 Å². The van der Waals surface area contributed by atoms with E-state index in [0.717, 1.165) is 6.42 Å². The van der Waals surface area contributed by atoms with E-state index in [1.54, 1.807) is 0 Å². The van der Waals surface area contributed by atoms with Crippen molar-refractivity contribution in [3.05, 3.63) is 0 Å². The summed E-state index contributed by atoms with van der Waals surface area (Å²) in [7, 11) is 0. The molecule has 2 rings (SSSR count). The molecule has 6 heteroatoms. The molecule has 2 amide bonds. The molecule has 1 saturated heterocycles. The number of aliphatic carboxylic acids is 1. The molecule has 0 aromatic heterocycles. The Morgan fingerprint density at radius 3 is 2.68 bits per heavy atom. The van der Waals surface area contributed by atoms with Crippen LogP contribution in [0.1, 0.15) is 32.6 Å². The molecule has 0 aromatic rings. The van der Waals surface area contributed by atoms with Crippen molar-refractivity contribution in [2.24, 2.45) is 11.8 Å². The predicted molar refractivity (Wildman–Crippen MR) is 68.7 cm³/mol. The van der Waals surface area contributed by atoms with E-state index in [2.05, 4.69) is 12.2 Å². The van der Waals surface area contributed by atoms with Gasteiger partial charge in [-0.25, -0.2) is 9.59 Å². The fourth-order valence-corrected chi connectivity index (χ4v) is 3.12. The Hall–Kier alpha value is -1.30. The molecule has 2 aliphatic rings. The number of urea groups is 1. The molecular formula is C13H22N2O4. The summed E-state index contributed by atoms with van der Waals surface area (Å²) in [6, 6.07) is -1.28. The third-order valence-corrected chi connectivity index (χ3v) is 4.38. The van der Waals surface area contributed by atoms with Crippen LogP contribution in [0.2, 0.25) is 0 Å². The zero-order valence-electron chi connectivity index (χ0n) is 11.2. The first kappa shape index (κ1) is 14.1. The SMILES string of the molecule is CC1CCCC1CNC(=O)N1C[C@H](O)C[C@H]1C(=O)O. The second kappa shape index (κ2) is 5.77. The normalized spacial score (nSPS) is 34.5. The van der Waals surface area contributed by atoms with Gasteiger partial charge in [0.15, 0.2) is 0 Å². The lowest BCUT2D eigenvalue weighted by molar-refractivity contribution is -0.141. The van der Waals surface area contributed by atoms with Crippen LogP contribution in [-0.2, 0) is 4.79 Å². The molecule has 4 atom stereocenters. The van der Waals surface area contributed by atoms with Crippen LogP contribution in [0, 0.1) is 11.8 Å². The largest absolute Gasteiger partial charge is 0.480 e. The van der Waals surface area contributed by atoms with Gasteiger partial charge in [-0.15, -0.1) is 0 Å². The van der Waals surface area contributed by atoms with Crippen molar-refractivity contribution in [1.29, 1.82) is 0 Å². The smallest absolute Gasteiger partial charge is 0.326 e. The van der Waals surface area contributed by atoms with Crippen LogP contribution in [0.5, 0.6) is 0 Å². The number of nitrogens with one attached hydrogen (secondary N) is 1. The standard InChI is InChI=1S/C13H22N2O4/c1-8-3-2-4-9(8)6-14-13(19)15-7-10(16)5-11(15)12(17)18/h8-11,16H,2-7H2,1H3,(H,14,19)(H,17,18)/t8?,9?,10-,11+/m1/s1. The van der Waals surface area contributed by atoms with Gasteiger partial charge in [-0.1, -0.05) is 19.8 Å². The van der Waals surface area contributed by atoms with Crippen molar-refractivity contribution in [3.8, 4) is 0 Å². The van der Waals surface area contributed by atoms with Crippen molar-refractivity contribution in [1.82, 2.24) is 10.2 Å². The molecule has 2 unspecified atom stereocenters. The number of hydrogen-bond donors (Lipinski definition) is 3. The van der Waals surface area contributed by atoms with Gasteiger partial charge in [0, 0.05) is 19.5 Å². The highest BCUT2D eigenvalue weighted by molar-refractivity contribution is 5.83. The van der Waals surface area contributed by atoms with E-state index in [-0.39, 0.29) is 19.0 Å². The maximum atomic E-state index is 12.0. The van der Waals surface area contributed by atoms with Crippen LogP contribution >= 0.6 is 0 Å². The maximum Gasteiger partial charge on any atom is 0.326 e. The van der Waals surface area contributed by atoms with Gasteiger partial charge >= 0.3 is 12.0 Å². The number of rotatable bonds is 3. The number of carboxylic acids is 1. The van der Waals surface area contributed by atoms with E-state index < -0.39 is 18.1 Å². The van der Waals surface area contributed by atoms with Crippen LogP contribution in [-0.4, -0.2) is 52.3 Å². The summed E-state index contributed by atoms with van der Waals surface area (Å²) in [5.41, 5.74) is 0. The molecule has 19 heavy (non-hydrogen) atoms. The Morgan fingerprint density at radius 2 is 2.11 bits per heavy atom. The molecule has 1 aliphatic carbocycles. The monoisotopic (exact) mass is 270 g/mol. The summed E-state index contributed by atoms with van der Waals surface area (Å²) in [5.74, 6) is 0.0421. The fourth-order valence-electron chi connectivity index (χ4n) is 3.12. The average molecular weight is 270 g/mol. The van der Waals surface area contributed by atoms with Crippen LogP contribution in [0.4, 0.5) is 4.79 Å². The first-order valence-corrected chi connectivity index (χ1v) is 6.94. The number of β-amino-alcohol motifs (C(OH)–C–C–N with tert-alkyl or cyclic N) is 1. The molecule has 3 N–H and O–H groups in total. The lowest BCUT2D eigenvalue weighted by Gasteiger charge is -2.23. The van der Waals surface area contributed by atoms with Crippen molar-refractivity contribution in [3.63, 3.8) is 0 Å². The number of amides is 2. The number of aliphatic hydroxyl groups is 1. The molecular weight excluding hydrogens is 248 g/mol. The van der Waals surface area contributed by atoms with Gasteiger partial charge < -0.3 is 20.4 Å². The molecule has 1 aliphatic heterocycles. The minimum absolute atomic E-state index is 0.100. The van der Waals surface area contributed by atoms with Crippen LogP contribution in [0.3, 0.4) is 0 Å². The quantitative estimate of drug-likeness (QED) is 0.702. The number of aliphatic hydroxyl groups excluding tert-OH is 1. The first-order valence-electron chi connectivity index (χ1n) is 6.94. The Balaban J connectivity index is 1.86. The first-order chi connectivity index (χ1) is 8.99. The molecule has 1 heterocycles. The molecule has 0 aromatic carbocycles. The van der Waals surface area contributed by atoms with Crippen molar-refractivity contribution >= 4 is 12.0 Å². The topological polar surface area (TPSA) is 89.9 Å². The van der Waals surface area contributed by atoms with Crippen LogP contribution in [0.25, 0.3) is 0 Å². The molecule has 0 radical (unpaired) electrons. The van der Waals surface area contributed by atoms with Gasteiger partial charge in [-0.3, -0.25) is 0 Å². The van der Waals surface area contributed by atoms with Gasteiger partial charge in [-0.05, 0) is 18.3 Å². The van der Waals surface area contributed by atoms with Crippen molar-refractivity contribution in [2.75, 3.05) is 13.1 Å². The Morgan fingerprint density at radius 1 is 1.37 bits per heavy atom. The third kappa shape index (κ3) is 3.18. The number of likely N-dealkylation sites (tertiary alicyclic amines) is 1. The van der Waals surface area contributed by atoms with Crippen LogP contribution in [0.15, 0.2) is 0 Å². The van der Waals surface area contributed by atoms with E-state index in [1.807, 2.05) is 0 Å². The third-order valence-electron chi connectivity index (χ3n) is 4.38. The fraction of sp³-hybridized carbons (Fsp3) is 0.846. The van der Waals surface area contributed by atoms with Gasteiger partial charge in [-0.2, -0.15) is 0 Å². The molecule has 0 spiro atoms. The highest BCUT2D eigenvalue weighted by atomic mass is 16.4. The van der Waals surface area contributed by atoms with Gasteiger partial charge in [0.25, 0.3) is 0 Å². The molecule has 2 fully saturated rings. The number of nitrogens with zero attached hydrogens (tertiary/aromatic N) is 1. The highest BCUT2D eigenvalue weighted by Crippen LogP contribution is 2.30. The average Bonchev–Trinajstić information content (AvgIpc) is 2.92. The van der Waals surface area contributed by atoms with E-state index >= 15 is 0 Å². The zero-order chi connectivity index (χ0) is 14.0. The van der Waals surface area contributed by atoms with Gasteiger partial charge in [0.2, 0.25) is 0 Å². The minimum Gasteiger partial charge on any atom is -0.480 e. The zero-order valence-corrected chi connectivity index (χ0v) is 11.2. The Labute approximate surface area is 112 Å². The molecule has 108 valence electrons. The second-order valence-corrected chi connectivity index (χ2v) is 5.75. The van der Waals surface area contributed by atoms with E-state index in [9.17, 15) is 14.7 Å². The lowest BCUT2D eigenvalue weighted by Crippen LogP contribution is -2.47.